The average Bonchev–Trinajstić information content (AvgIpc) is 3.04. The molecule has 2 rings (SSSR count). The number of rotatable bonds is 6. The standard InChI is InChI=1S/C16H18F2N2O4/c1-10-11(5-3-6-12(10)24-14(17)18)20-15(21)19-9-16(2,22)13-7-4-8-23-13/h3-8,14,22H,9H2,1-2H3,(H2,19,20,21). The van der Waals surface area contributed by atoms with Gasteiger partial charge in [-0.2, -0.15) is 8.78 Å². The molecule has 0 radical (unpaired) electrons. The van der Waals surface area contributed by atoms with E-state index in [9.17, 15) is 18.7 Å². The van der Waals surface area contributed by atoms with Crippen molar-refractivity contribution in [2.24, 2.45) is 0 Å². The molecule has 1 aromatic carbocycles. The Morgan fingerprint density at radius 2 is 2.12 bits per heavy atom. The average molecular weight is 340 g/mol. The molecular formula is C16H18F2N2O4. The first-order valence-corrected chi connectivity index (χ1v) is 7.15. The van der Waals surface area contributed by atoms with Crippen LogP contribution >= 0.6 is 0 Å². The third-order valence-electron chi connectivity index (χ3n) is 3.39. The van der Waals surface area contributed by atoms with Gasteiger partial charge in [0.15, 0.2) is 0 Å². The third-order valence-corrected chi connectivity index (χ3v) is 3.39. The van der Waals surface area contributed by atoms with Crippen LogP contribution in [0.3, 0.4) is 0 Å². The van der Waals surface area contributed by atoms with E-state index in [2.05, 4.69) is 15.4 Å². The first-order valence-electron chi connectivity index (χ1n) is 7.15. The summed E-state index contributed by atoms with van der Waals surface area (Å²) >= 11 is 0. The predicted octanol–water partition coefficient (Wildman–Crippen LogP) is 3.22. The van der Waals surface area contributed by atoms with Gasteiger partial charge in [0.25, 0.3) is 0 Å². The number of alkyl halides is 2. The number of urea groups is 1. The highest BCUT2D eigenvalue weighted by Crippen LogP contribution is 2.27. The molecule has 1 unspecified atom stereocenters. The van der Waals surface area contributed by atoms with Crippen molar-refractivity contribution in [1.82, 2.24) is 5.32 Å². The highest BCUT2D eigenvalue weighted by Gasteiger charge is 2.26. The Labute approximate surface area is 137 Å². The molecule has 2 amide bonds. The van der Waals surface area contributed by atoms with E-state index in [-0.39, 0.29) is 12.3 Å². The highest BCUT2D eigenvalue weighted by molar-refractivity contribution is 5.90. The maximum absolute atomic E-state index is 12.3. The van der Waals surface area contributed by atoms with E-state index in [0.717, 1.165) is 0 Å². The number of carbonyl (C=O) groups excluding carboxylic acids is 1. The summed E-state index contributed by atoms with van der Waals surface area (Å²) in [6, 6.07) is 7.04. The van der Waals surface area contributed by atoms with Gasteiger partial charge in [-0.3, -0.25) is 0 Å². The molecule has 8 heteroatoms. The number of amides is 2. The summed E-state index contributed by atoms with van der Waals surface area (Å²) in [7, 11) is 0. The van der Waals surface area contributed by atoms with Crippen LogP contribution in [0, 0.1) is 6.92 Å². The lowest BCUT2D eigenvalue weighted by Gasteiger charge is -2.21. The zero-order chi connectivity index (χ0) is 17.7. The predicted molar refractivity (Wildman–Crippen MR) is 83.1 cm³/mol. The molecule has 0 saturated heterocycles. The normalized spacial score (nSPS) is 13.4. The molecule has 0 spiro atoms. The van der Waals surface area contributed by atoms with Gasteiger partial charge in [-0.25, -0.2) is 4.79 Å². The van der Waals surface area contributed by atoms with Gasteiger partial charge < -0.3 is 24.9 Å². The van der Waals surface area contributed by atoms with E-state index in [1.54, 1.807) is 25.1 Å². The largest absolute Gasteiger partial charge is 0.466 e. The third kappa shape index (κ3) is 4.45. The molecule has 0 aliphatic heterocycles. The van der Waals surface area contributed by atoms with Crippen LogP contribution < -0.4 is 15.4 Å². The minimum atomic E-state index is -2.95. The molecule has 3 N–H and O–H groups in total. The second-order valence-corrected chi connectivity index (χ2v) is 5.37. The number of hydrogen-bond acceptors (Lipinski definition) is 4. The van der Waals surface area contributed by atoms with Crippen LogP contribution in [0.1, 0.15) is 18.2 Å². The molecule has 130 valence electrons. The number of benzene rings is 1. The Morgan fingerprint density at radius 3 is 2.75 bits per heavy atom. The number of halogens is 2. The Bertz CT molecular complexity index is 687. The van der Waals surface area contributed by atoms with Crippen molar-refractivity contribution in [3.8, 4) is 5.75 Å². The van der Waals surface area contributed by atoms with Crippen molar-refractivity contribution in [2.75, 3.05) is 11.9 Å². The van der Waals surface area contributed by atoms with Gasteiger partial charge in [0.05, 0.1) is 12.8 Å². The molecule has 1 heterocycles. The molecule has 1 aromatic heterocycles. The summed E-state index contributed by atoms with van der Waals surface area (Å²) in [5.74, 6) is 0.289. The first kappa shape index (κ1) is 17.7. The van der Waals surface area contributed by atoms with Crippen molar-refractivity contribution < 1.29 is 27.8 Å². The maximum Gasteiger partial charge on any atom is 0.387 e. The molecule has 0 aliphatic carbocycles. The molecule has 2 aromatic rings. The molecule has 0 aliphatic rings. The van der Waals surface area contributed by atoms with Gasteiger partial charge >= 0.3 is 12.6 Å². The molecule has 6 nitrogen and oxygen atoms in total. The number of anilines is 1. The summed E-state index contributed by atoms with van der Waals surface area (Å²) in [6.07, 6.45) is 1.42. The zero-order valence-electron chi connectivity index (χ0n) is 13.2. The Balaban J connectivity index is 1.98. The smallest absolute Gasteiger partial charge is 0.387 e. The minimum absolute atomic E-state index is 0.0228. The van der Waals surface area contributed by atoms with Gasteiger partial charge in [-0.1, -0.05) is 6.07 Å². The van der Waals surface area contributed by atoms with Crippen LogP contribution in [0.15, 0.2) is 41.0 Å². The molecule has 1 atom stereocenters. The van der Waals surface area contributed by atoms with Crippen molar-refractivity contribution in [3.63, 3.8) is 0 Å². The maximum atomic E-state index is 12.3. The zero-order valence-corrected chi connectivity index (χ0v) is 13.2. The molecular weight excluding hydrogens is 322 g/mol. The highest BCUT2D eigenvalue weighted by atomic mass is 19.3. The lowest BCUT2D eigenvalue weighted by atomic mass is 10.0. The first-order chi connectivity index (χ1) is 11.3. The second kappa shape index (κ2) is 7.31. The molecule has 0 saturated carbocycles. The second-order valence-electron chi connectivity index (χ2n) is 5.37. The summed E-state index contributed by atoms with van der Waals surface area (Å²) < 4.78 is 34.1. The van der Waals surface area contributed by atoms with E-state index in [0.29, 0.717) is 17.0 Å². The number of furan rings is 1. The van der Waals surface area contributed by atoms with E-state index < -0.39 is 18.2 Å². The summed E-state index contributed by atoms with van der Waals surface area (Å²) in [5, 5.41) is 15.3. The quantitative estimate of drug-likeness (QED) is 0.754. The van der Waals surface area contributed by atoms with Crippen molar-refractivity contribution in [2.45, 2.75) is 26.1 Å². The fourth-order valence-electron chi connectivity index (χ4n) is 2.06. The molecule has 24 heavy (non-hydrogen) atoms. The fourth-order valence-corrected chi connectivity index (χ4v) is 2.06. The van der Waals surface area contributed by atoms with Gasteiger partial charge in [0.1, 0.15) is 17.1 Å². The van der Waals surface area contributed by atoms with Gasteiger partial charge in [0, 0.05) is 11.3 Å². The van der Waals surface area contributed by atoms with Crippen LogP contribution in [0.25, 0.3) is 0 Å². The Kier molecular flexibility index (Phi) is 5.40. The van der Waals surface area contributed by atoms with Crippen molar-refractivity contribution in [3.05, 3.63) is 47.9 Å². The minimum Gasteiger partial charge on any atom is -0.466 e. The SMILES string of the molecule is Cc1c(NC(=O)NCC(C)(O)c2ccco2)cccc1OC(F)F. The Morgan fingerprint density at radius 1 is 1.38 bits per heavy atom. The van der Waals surface area contributed by atoms with Crippen molar-refractivity contribution in [1.29, 1.82) is 0 Å². The fraction of sp³-hybridized carbons (Fsp3) is 0.312. The molecule has 0 bridgehead atoms. The Hall–Kier alpha value is -2.61. The molecule has 0 fully saturated rings. The summed E-state index contributed by atoms with van der Waals surface area (Å²) in [6.45, 7) is -0.00413. The van der Waals surface area contributed by atoms with E-state index in [4.69, 9.17) is 4.42 Å². The van der Waals surface area contributed by atoms with E-state index in [1.807, 2.05) is 0 Å². The number of carbonyl (C=O) groups is 1. The lowest BCUT2D eigenvalue weighted by Crippen LogP contribution is -2.40. The lowest BCUT2D eigenvalue weighted by molar-refractivity contribution is -0.0502. The summed E-state index contributed by atoms with van der Waals surface area (Å²) in [5.41, 5.74) is -0.690. The van der Waals surface area contributed by atoms with Gasteiger partial charge in [0.2, 0.25) is 0 Å². The number of nitrogens with one attached hydrogen (secondary N) is 2. The van der Waals surface area contributed by atoms with Crippen LogP contribution in [-0.2, 0) is 5.60 Å². The monoisotopic (exact) mass is 340 g/mol. The van der Waals surface area contributed by atoms with Crippen LogP contribution in [0.5, 0.6) is 5.75 Å². The van der Waals surface area contributed by atoms with Crippen LogP contribution in [0.4, 0.5) is 19.3 Å². The van der Waals surface area contributed by atoms with Gasteiger partial charge in [-0.15, -0.1) is 0 Å². The van der Waals surface area contributed by atoms with Crippen molar-refractivity contribution >= 4 is 11.7 Å². The van der Waals surface area contributed by atoms with E-state index >= 15 is 0 Å². The van der Waals surface area contributed by atoms with E-state index in [1.165, 1.54) is 25.3 Å². The number of hydrogen-bond donors (Lipinski definition) is 3. The van der Waals surface area contributed by atoms with Crippen LogP contribution in [-0.4, -0.2) is 24.3 Å². The number of ether oxygens (including phenoxy) is 1. The topological polar surface area (TPSA) is 83.7 Å². The number of aliphatic hydroxyl groups is 1. The van der Waals surface area contributed by atoms with Crippen LogP contribution in [0.2, 0.25) is 0 Å². The summed E-state index contributed by atoms with van der Waals surface area (Å²) in [4.78, 5) is 12.0. The van der Waals surface area contributed by atoms with Gasteiger partial charge in [-0.05, 0) is 38.1 Å².